The predicted molar refractivity (Wildman–Crippen MR) is 98.8 cm³/mol. The number of hydrogen-bond acceptors (Lipinski definition) is 4. The number of ketones is 1. The molecule has 2 aromatic carbocycles. The zero-order valence-corrected chi connectivity index (χ0v) is 14.9. The molecule has 0 fully saturated rings. The number of benzene rings is 2. The van der Waals surface area contributed by atoms with Crippen LogP contribution in [0.3, 0.4) is 0 Å². The van der Waals surface area contributed by atoms with Gasteiger partial charge in [-0.2, -0.15) is 0 Å². The first-order valence-corrected chi connectivity index (χ1v) is 8.29. The maximum absolute atomic E-state index is 12.5. The molecule has 0 atom stereocenters. The summed E-state index contributed by atoms with van der Waals surface area (Å²) in [6.45, 7) is 5.14. The van der Waals surface area contributed by atoms with Gasteiger partial charge in [0.2, 0.25) is 5.91 Å². The summed E-state index contributed by atoms with van der Waals surface area (Å²) in [5, 5.41) is 5.41. The normalized spacial score (nSPS) is 14.8. The van der Waals surface area contributed by atoms with Crippen LogP contribution in [-0.2, 0) is 4.79 Å². The van der Waals surface area contributed by atoms with Gasteiger partial charge in [-0.05, 0) is 50.2 Å². The van der Waals surface area contributed by atoms with Gasteiger partial charge in [0.05, 0.1) is 12.0 Å². The number of anilines is 2. The molecule has 1 aliphatic rings. The van der Waals surface area contributed by atoms with E-state index in [9.17, 15) is 14.4 Å². The van der Waals surface area contributed by atoms with Gasteiger partial charge in [-0.1, -0.05) is 6.07 Å². The molecule has 3 rings (SSSR count). The molecule has 2 aromatic rings. The summed E-state index contributed by atoms with van der Waals surface area (Å²) in [6.07, 6.45) is 0.288. The van der Waals surface area contributed by atoms with Crippen molar-refractivity contribution in [2.24, 2.45) is 0 Å². The Bertz CT molecular complexity index is 902. The summed E-state index contributed by atoms with van der Waals surface area (Å²) in [4.78, 5) is 35.9. The minimum Gasteiger partial charge on any atom is -0.487 e. The van der Waals surface area contributed by atoms with E-state index in [0.29, 0.717) is 28.3 Å². The zero-order chi connectivity index (χ0) is 18.9. The number of hydrogen-bond donors (Lipinski definition) is 2. The van der Waals surface area contributed by atoms with E-state index in [-0.39, 0.29) is 24.0 Å². The van der Waals surface area contributed by atoms with Gasteiger partial charge in [-0.15, -0.1) is 0 Å². The number of carbonyl (C=O) groups excluding carboxylic acids is 3. The molecule has 0 spiro atoms. The fourth-order valence-electron chi connectivity index (χ4n) is 2.87. The summed E-state index contributed by atoms with van der Waals surface area (Å²) >= 11 is 0. The Morgan fingerprint density at radius 1 is 1.04 bits per heavy atom. The Morgan fingerprint density at radius 3 is 2.50 bits per heavy atom. The molecule has 0 radical (unpaired) electrons. The molecule has 0 aliphatic carbocycles. The SMILES string of the molecule is CC(=O)Nc1cccc(C(=O)Nc2ccc3c(c2)C(=O)CC(C)(C)O3)c1. The molecule has 0 unspecified atom stereocenters. The number of Topliss-reactive ketones (excluding diaryl/α,β-unsaturated/α-hetero) is 1. The van der Waals surface area contributed by atoms with Gasteiger partial charge < -0.3 is 15.4 Å². The van der Waals surface area contributed by atoms with Crippen LogP contribution in [0, 0.1) is 0 Å². The Morgan fingerprint density at radius 2 is 1.77 bits per heavy atom. The Labute approximate surface area is 151 Å². The minimum atomic E-state index is -0.529. The molecule has 1 aliphatic heterocycles. The standard InChI is InChI=1S/C20H20N2O4/c1-12(23)21-14-6-4-5-13(9-14)19(25)22-15-7-8-18-16(10-15)17(24)11-20(2,3)26-18/h4-10H,11H2,1-3H3,(H,21,23)(H,22,25). The fraction of sp³-hybridized carbons (Fsp3) is 0.250. The van der Waals surface area contributed by atoms with E-state index in [1.807, 2.05) is 13.8 Å². The van der Waals surface area contributed by atoms with Crippen LogP contribution in [0.15, 0.2) is 42.5 Å². The van der Waals surface area contributed by atoms with Crippen LogP contribution < -0.4 is 15.4 Å². The van der Waals surface area contributed by atoms with Gasteiger partial charge in [-0.3, -0.25) is 14.4 Å². The van der Waals surface area contributed by atoms with Crippen molar-refractivity contribution in [1.29, 1.82) is 0 Å². The molecule has 0 bridgehead atoms. The number of ether oxygens (including phenoxy) is 1. The lowest BCUT2D eigenvalue weighted by Gasteiger charge is -2.31. The number of nitrogens with one attached hydrogen (secondary N) is 2. The lowest BCUT2D eigenvalue weighted by atomic mass is 9.93. The van der Waals surface area contributed by atoms with Gasteiger partial charge in [0.15, 0.2) is 5.78 Å². The van der Waals surface area contributed by atoms with E-state index in [1.165, 1.54) is 6.92 Å². The second-order valence-corrected chi connectivity index (χ2v) is 6.89. The lowest BCUT2D eigenvalue weighted by molar-refractivity contribution is -0.114. The van der Waals surface area contributed by atoms with Gasteiger partial charge in [0.25, 0.3) is 5.91 Å². The second kappa shape index (κ2) is 6.63. The summed E-state index contributed by atoms with van der Waals surface area (Å²) in [6, 6.07) is 11.6. The third-order valence-corrected chi connectivity index (χ3v) is 3.96. The molecule has 134 valence electrons. The number of rotatable bonds is 3. The molecule has 1 heterocycles. The van der Waals surface area contributed by atoms with Crippen LogP contribution in [0.2, 0.25) is 0 Å². The Kier molecular flexibility index (Phi) is 4.50. The quantitative estimate of drug-likeness (QED) is 0.883. The third-order valence-electron chi connectivity index (χ3n) is 3.96. The molecule has 0 saturated carbocycles. The predicted octanol–water partition coefficient (Wildman–Crippen LogP) is 3.64. The first kappa shape index (κ1) is 17.7. The van der Waals surface area contributed by atoms with E-state index in [1.54, 1.807) is 42.5 Å². The highest BCUT2D eigenvalue weighted by atomic mass is 16.5. The van der Waals surface area contributed by atoms with E-state index < -0.39 is 5.60 Å². The Balaban J connectivity index is 1.80. The fourth-order valence-corrected chi connectivity index (χ4v) is 2.87. The topological polar surface area (TPSA) is 84.5 Å². The summed E-state index contributed by atoms with van der Waals surface area (Å²) < 4.78 is 5.81. The van der Waals surface area contributed by atoms with Crippen LogP contribution in [0.5, 0.6) is 5.75 Å². The molecule has 2 amide bonds. The maximum Gasteiger partial charge on any atom is 0.255 e. The number of carbonyl (C=O) groups is 3. The number of fused-ring (bicyclic) bond motifs is 1. The first-order chi connectivity index (χ1) is 12.2. The average Bonchev–Trinajstić information content (AvgIpc) is 2.54. The van der Waals surface area contributed by atoms with Crippen LogP contribution >= 0.6 is 0 Å². The maximum atomic E-state index is 12.5. The first-order valence-electron chi connectivity index (χ1n) is 8.29. The van der Waals surface area contributed by atoms with Crippen molar-refractivity contribution < 1.29 is 19.1 Å². The summed E-state index contributed by atoms with van der Waals surface area (Å²) in [7, 11) is 0. The molecule has 0 saturated heterocycles. The van der Waals surface area contributed by atoms with E-state index in [0.717, 1.165) is 0 Å². The van der Waals surface area contributed by atoms with Gasteiger partial charge in [0, 0.05) is 23.9 Å². The molecular formula is C20H20N2O4. The van der Waals surface area contributed by atoms with Crippen molar-refractivity contribution in [3.05, 3.63) is 53.6 Å². The molecule has 2 N–H and O–H groups in total. The summed E-state index contributed by atoms with van der Waals surface area (Å²) in [5.74, 6) is -0.0303. The van der Waals surface area contributed by atoms with E-state index in [2.05, 4.69) is 10.6 Å². The van der Waals surface area contributed by atoms with Crippen molar-refractivity contribution in [2.45, 2.75) is 32.8 Å². The van der Waals surface area contributed by atoms with Crippen LogP contribution in [0.25, 0.3) is 0 Å². The van der Waals surface area contributed by atoms with Crippen LogP contribution in [-0.4, -0.2) is 23.2 Å². The lowest BCUT2D eigenvalue weighted by Crippen LogP contribution is -2.35. The zero-order valence-electron chi connectivity index (χ0n) is 14.9. The minimum absolute atomic E-state index is 0.0139. The third kappa shape index (κ3) is 3.91. The highest BCUT2D eigenvalue weighted by molar-refractivity contribution is 6.07. The van der Waals surface area contributed by atoms with Crippen molar-refractivity contribution >= 4 is 29.0 Å². The van der Waals surface area contributed by atoms with Crippen molar-refractivity contribution in [3.8, 4) is 5.75 Å². The van der Waals surface area contributed by atoms with Gasteiger partial charge in [-0.25, -0.2) is 0 Å². The molecule has 26 heavy (non-hydrogen) atoms. The van der Waals surface area contributed by atoms with Crippen LogP contribution in [0.4, 0.5) is 11.4 Å². The summed E-state index contributed by atoms with van der Waals surface area (Å²) in [5.41, 5.74) is 1.39. The van der Waals surface area contributed by atoms with E-state index >= 15 is 0 Å². The Hall–Kier alpha value is -3.15. The molecule has 6 nitrogen and oxygen atoms in total. The van der Waals surface area contributed by atoms with Gasteiger partial charge >= 0.3 is 0 Å². The molecular weight excluding hydrogens is 332 g/mol. The molecule has 6 heteroatoms. The number of amides is 2. The van der Waals surface area contributed by atoms with Crippen molar-refractivity contribution in [3.63, 3.8) is 0 Å². The van der Waals surface area contributed by atoms with Crippen molar-refractivity contribution in [2.75, 3.05) is 10.6 Å². The van der Waals surface area contributed by atoms with E-state index in [4.69, 9.17) is 4.74 Å². The monoisotopic (exact) mass is 352 g/mol. The highest BCUT2D eigenvalue weighted by Gasteiger charge is 2.32. The van der Waals surface area contributed by atoms with Gasteiger partial charge in [0.1, 0.15) is 11.4 Å². The smallest absolute Gasteiger partial charge is 0.255 e. The largest absolute Gasteiger partial charge is 0.487 e. The average molecular weight is 352 g/mol. The van der Waals surface area contributed by atoms with Crippen molar-refractivity contribution in [1.82, 2.24) is 0 Å². The van der Waals surface area contributed by atoms with Crippen LogP contribution in [0.1, 0.15) is 47.9 Å². The molecule has 0 aromatic heterocycles. The second-order valence-electron chi connectivity index (χ2n) is 6.89. The highest BCUT2D eigenvalue weighted by Crippen LogP contribution is 2.34.